The van der Waals surface area contributed by atoms with Crippen LogP contribution in [0.1, 0.15) is 16.7 Å². The zero-order valence-electron chi connectivity index (χ0n) is 11.8. The maximum Gasteiger partial charge on any atom is 0.0991 e. The van der Waals surface area contributed by atoms with Crippen LogP contribution >= 0.6 is 0 Å². The largest absolute Gasteiger partial charge is 0.343 e. The average Bonchev–Trinajstić information content (AvgIpc) is 2.91. The Labute approximate surface area is 124 Å². The minimum Gasteiger partial charge on any atom is -0.343 e. The van der Waals surface area contributed by atoms with Gasteiger partial charge in [0, 0.05) is 18.3 Å². The summed E-state index contributed by atoms with van der Waals surface area (Å²) in [6, 6.07) is 18.5. The van der Waals surface area contributed by atoms with Crippen LogP contribution in [0.5, 0.6) is 0 Å². The Kier molecular flexibility index (Phi) is 3.72. The van der Waals surface area contributed by atoms with E-state index < -0.39 is 0 Å². The topological polar surface area (TPSA) is 54.7 Å². The lowest BCUT2D eigenvalue weighted by Crippen LogP contribution is -2.03. The molecule has 104 valence electrons. The minimum atomic E-state index is 0.668. The van der Waals surface area contributed by atoms with Gasteiger partial charge in [0.15, 0.2) is 0 Å². The summed E-state index contributed by atoms with van der Waals surface area (Å²) in [6.45, 7) is 1.48. The number of benzene rings is 2. The Balaban J connectivity index is 1.92. The first kappa shape index (κ1) is 13.4. The Morgan fingerprint density at radius 3 is 2.48 bits per heavy atom. The van der Waals surface area contributed by atoms with Crippen molar-refractivity contribution in [3.63, 3.8) is 0 Å². The summed E-state index contributed by atoms with van der Waals surface area (Å²) < 4.78 is 2.23. The van der Waals surface area contributed by atoms with Gasteiger partial charge in [0.05, 0.1) is 11.6 Å². The van der Waals surface area contributed by atoms with Crippen molar-refractivity contribution >= 4 is 10.9 Å². The highest BCUT2D eigenvalue weighted by atomic mass is 14.9. The van der Waals surface area contributed by atoms with Crippen LogP contribution in [0, 0.1) is 11.3 Å². The lowest BCUT2D eigenvalue weighted by atomic mass is 10.1. The number of rotatable bonds is 4. The van der Waals surface area contributed by atoms with Crippen molar-refractivity contribution < 1.29 is 0 Å². The van der Waals surface area contributed by atoms with Crippen LogP contribution in [0.4, 0.5) is 0 Å². The van der Waals surface area contributed by atoms with Gasteiger partial charge >= 0.3 is 0 Å². The van der Waals surface area contributed by atoms with E-state index in [0.29, 0.717) is 12.1 Å². The van der Waals surface area contributed by atoms with Gasteiger partial charge in [-0.2, -0.15) is 5.26 Å². The van der Waals surface area contributed by atoms with E-state index in [1.165, 1.54) is 22.0 Å². The fourth-order valence-electron chi connectivity index (χ4n) is 2.57. The maximum absolute atomic E-state index is 8.84. The molecule has 0 fully saturated rings. The monoisotopic (exact) mass is 275 g/mol. The van der Waals surface area contributed by atoms with Crippen LogP contribution in [0.3, 0.4) is 0 Å². The highest BCUT2D eigenvalue weighted by molar-refractivity contribution is 5.81. The summed E-state index contributed by atoms with van der Waals surface area (Å²) in [7, 11) is 0. The van der Waals surface area contributed by atoms with Crippen LogP contribution in [-0.4, -0.2) is 11.1 Å². The Morgan fingerprint density at radius 2 is 1.76 bits per heavy atom. The van der Waals surface area contributed by atoms with Gasteiger partial charge in [0.25, 0.3) is 0 Å². The van der Waals surface area contributed by atoms with Crippen molar-refractivity contribution in [3.8, 4) is 6.07 Å². The van der Waals surface area contributed by atoms with E-state index in [-0.39, 0.29) is 0 Å². The van der Waals surface area contributed by atoms with Crippen LogP contribution in [0.15, 0.2) is 54.7 Å². The number of nitrogens with zero attached hydrogens (tertiary/aromatic N) is 2. The van der Waals surface area contributed by atoms with Crippen LogP contribution < -0.4 is 5.73 Å². The predicted octanol–water partition coefficient (Wildman–Crippen LogP) is 3.06. The Morgan fingerprint density at radius 1 is 1.00 bits per heavy atom. The number of nitrogens with two attached hydrogens (primary N) is 1. The van der Waals surface area contributed by atoms with E-state index in [1.54, 1.807) is 0 Å². The molecule has 0 radical (unpaired) electrons. The summed E-state index contributed by atoms with van der Waals surface area (Å²) >= 11 is 0. The van der Waals surface area contributed by atoms with Crippen LogP contribution in [-0.2, 0) is 13.0 Å². The first-order chi connectivity index (χ1) is 10.3. The lowest BCUT2D eigenvalue weighted by molar-refractivity contribution is 0.835. The second-order valence-electron chi connectivity index (χ2n) is 5.18. The fraction of sp³-hybridized carbons (Fsp3) is 0.167. The van der Waals surface area contributed by atoms with E-state index in [4.69, 9.17) is 11.0 Å². The number of fused-ring (bicyclic) bond motifs is 1. The number of aromatic nitrogens is 1. The summed E-state index contributed by atoms with van der Waals surface area (Å²) in [4.78, 5) is 0. The number of hydrogen-bond donors (Lipinski definition) is 1. The fourth-order valence-corrected chi connectivity index (χ4v) is 2.57. The standard InChI is InChI=1S/C18H17N3/c19-9-7-14-5-6-17-8-10-21(18(17)11-14)13-16-3-1-15(12-20)2-4-16/h1-6,8,10-11H,7,9,13,19H2. The van der Waals surface area contributed by atoms with Crippen molar-refractivity contribution in [1.29, 1.82) is 5.26 Å². The molecular weight excluding hydrogens is 258 g/mol. The van der Waals surface area contributed by atoms with Crippen molar-refractivity contribution in [3.05, 3.63) is 71.4 Å². The molecular formula is C18H17N3. The molecule has 3 heteroatoms. The molecule has 3 rings (SSSR count). The van der Waals surface area contributed by atoms with Gasteiger partial charge in [0.1, 0.15) is 0 Å². The van der Waals surface area contributed by atoms with Crippen LogP contribution in [0.25, 0.3) is 10.9 Å². The van der Waals surface area contributed by atoms with Gasteiger partial charge in [-0.05, 0) is 53.7 Å². The Bertz CT molecular complexity index is 791. The van der Waals surface area contributed by atoms with Gasteiger partial charge < -0.3 is 10.3 Å². The van der Waals surface area contributed by atoms with Gasteiger partial charge in [-0.15, -0.1) is 0 Å². The number of hydrogen-bond acceptors (Lipinski definition) is 2. The molecule has 1 heterocycles. The van der Waals surface area contributed by atoms with Gasteiger partial charge in [-0.1, -0.05) is 24.3 Å². The zero-order chi connectivity index (χ0) is 14.7. The summed E-state index contributed by atoms with van der Waals surface area (Å²) in [5.41, 5.74) is 10.0. The van der Waals surface area contributed by atoms with Gasteiger partial charge in [-0.25, -0.2) is 0 Å². The Hall–Kier alpha value is -2.57. The molecule has 1 aromatic heterocycles. The molecule has 3 aromatic rings. The van der Waals surface area contributed by atoms with E-state index in [0.717, 1.165) is 13.0 Å². The smallest absolute Gasteiger partial charge is 0.0991 e. The summed E-state index contributed by atoms with van der Waals surface area (Å²) in [5.74, 6) is 0. The molecule has 2 N–H and O–H groups in total. The van der Waals surface area contributed by atoms with Crippen molar-refractivity contribution in [2.24, 2.45) is 5.73 Å². The van der Waals surface area contributed by atoms with Crippen LogP contribution in [0.2, 0.25) is 0 Å². The highest BCUT2D eigenvalue weighted by Gasteiger charge is 2.03. The molecule has 0 bridgehead atoms. The first-order valence-electron chi connectivity index (χ1n) is 7.07. The quantitative estimate of drug-likeness (QED) is 0.795. The minimum absolute atomic E-state index is 0.668. The molecule has 2 aromatic carbocycles. The summed E-state index contributed by atoms with van der Waals surface area (Å²) in [5, 5.41) is 10.1. The second kappa shape index (κ2) is 5.82. The average molecular weight is 275 g/mol. The molecule has 0 atom stereocenters. The lowest BCUT2D eigenvalue weighted by Gasteiger charge is -2.07. The second-order valence-corrected chi connectivity index (χ2v) is 5.18. The maximum atomic E-state index is 8.84. The molecule has 0 saturated carbocycles. The molecule has 0 amide bonds. The molecule has 0 aliphatic carbocycles. The van der Waals surface area contributed by atoms with E-state index in [9.17, 15) is 0 Å². The molecule has 0 unspecified atom stereocenters. The molecule has 3 nitrogen and oxygen atoms in total. The molecule has 0 aliphatic rings. The van der Waals surface area contributed by atoms with Crippen molar-refractivity contribution in [1.82, 2.24) is 4.57 Å². The SMILES string of the molecule is N#Cc1ccc(Cn2ccc3ccc(CCN)cc32)cc1. The van der Waals surface area contributed by atoms with Gasteiger partial charge in [-0.3, -0.25) is 0 Å². The predicted molar refractivity (Wildman–Crippen MR) is 85.0 cm³/mol. The highest BCUT2D eigenvalue weighted by Crippen LogP contribution is 2.19. The van der Waals surface area contributed by atoms with Gasteiger partial charge in [0.2, 0.25) is 0 Å². The third-order valence-electron chi connectivity index (χ3n) is 3.71. The third-order valence-corrected chi connectivity index (χ3v) is 3.71. The van der Waals surface area contributed by atoms with Crippen molar-refractivity contribution in [2.45, 2.75) is 13.0 Å². The number of nitriles is 1. The van der Waals surface area contributed by atoms with E-state index in [1.807, 2.05) is 24.3 Å². The summed E-state index contributed by atoms with van der Waals surface area (Å²) in [6.07, 6.45) is 3.01. The zero-order valence-corrected chi connectivity index (χ0v) is 11.8. The van der Waals surface area contributed by atoms with E-state index in [2.05, 4.69) is 41.1 Å². The molecule has 0 saturated heterocycles. The first-order valence-corrected chi connectivity index (χ1v) is 7.07. The van der Waals surface area contributed by atoms with E-state index >= 15 is 0 Å². The molecule has 0 spiro atoms. The molecule has 21 heavy (non-hydrogen) atoms. The van der Waals surface area contributed by atoms with Crippen molar-refractivity contribution in [2.75, 3.05) is 6.54 Å². The normalized spacial score (nSPS) is 10.7. The molecule has 0 aliphatic heterocycles. The third kappa shape index (κ3) is 2.81.